The molecule has 1 saturated carbocycles. The maximum absolute atomic E-state index is 12.6. The molecule has 26 heavy (non-hydrogen) atoms. The molecule has 1 aromatic carbocycles. The zero-order valence-corrected chi connectivity index (χ0v) is 17.9. The van der Waals surface area contributed by atoms with E-state index in [0.717, 1.165) is 18.5 Å². The van der Waals surface area contributed by atoms with Gasteiger partial charge in [-0.05, 0) is 47.0 Å². The molecule has 0 unspecified atom stereocenters. The Labute approximate surface area is 165 Å². The van der Waals surface area contributed by atoms with Crippen LogP contribution in [0.2, 0.25) is 0 Å². The Morgan fingerprint density at radius 3 is 2.58 bits per heavy atom. The number of rotatable bonds is 5. The summed E-state index contributed by atoms with van der Waals surface area (Å²) >= 11 is 4.66. The second-order valence-corrected chi connectivity index (χ2v) is 10.7. The molecule has 2 N–H and O–H groups in total. The normalized spacial score (nSPS) is 15.1. The number of anilines is 1. The molecule has 0 radical (unpaired) electrons. The summed E-state index contributed by atoms with van der Waals surface area (Å²) in [7, 11) is -3.62. The van der Waals surface area contributed by atoms with Gasteiger partial charge in [0, 0.05) is 21.3 Å². The van der Waals surface area contributed by atoms with Gasteiger partial charge in [-0.3, -0.25) is 10.1 Å². The number of carbonyl (C=O) groups is 1. The Hall–Kier alpha value is -1.29. The lowest BCUT2D eigenvalue weighted by atomic mass is 9.93. The van der Waals surface area contributed by atoms with Crippen molar-refractivity contribution in [3.8, 4) is 0 Å². The molecule has 9 heteroatoms. The van der Waals surface area contributed by atoms with E-state index in [0.29, 0.717) is 9.60 Å². The van der Waals surface area contributed by atoms with Crippen molar-refractivity contribution in [2.24, 2.45) is 0 Å². The standard InChI is InChI=1S/C17H20BrN3O3S2/c1-17(2,3)14-9-25-16(19-14)20-15(22)12-8-11(6-7-13(12)18)26(23,24)21-10-4-5-10/h6-10,21H,4-5H2,1-3H3,(H,19,20,22). The fourth-order valence-electron chi connectivity index (χ4n) is 2.17. The first-order valence-corrected chi connectivity index (χ1v) is 11.3. The quantitative estimate of drug-likeness (QED) is 0.712. The van der Waals surface area contributed by atoms with E-state index in [2.05, 4.69) is 31.0 Å². The first kappa shape index (κ1) is 19.5. The second-order valence-electron chi connectivity index (χ2n) is 7.28. The van der Waals surface area contributed by atoms with Gasteiger partial charge >= 0.3 is 0 Å². The highest BCUT2D eigenvalue weighted by Gasteiger charge is 2.28. The first-order chi connectivity index (χ1) is 12.1. The number of benzene rings is 1. The molecule has 1 aliphatic carbocycles. The average Bonchev–Trinajstić information content (AvgIpc) is 3.19. The number of hydrogen-bond donors (Lipinski definition) is 2. The molecular formula is C17H20BrN3O3S2. The maximum atomic E-state index is 12.6. The van der Waals surface area contributed by atoms with Gasteiger partial charge in [0.15, 0.2) is 5.13 Å². The summed E-state index contributed by atoms with van der Waals surface area (Å²) in [5.74, 6) is -0.407. The Bertz CT molecular complexity index is 944. The zero-order valence-electron chi connectivity index (χ0n) is 14.7. The van der Waals surface area contributed by atoms with E-state index >= 15 is 0 Å². The van der Waals surface area contributed by atoms with Crippen LogP contribution >= 0.6 is 27.3 Å². The predicted molar refractivity (Wildman–Crippen MR) is 106 cm³/mol. The van der Waals surface area contributed by atoms with E-state index in [1.165, 1.54) is 23.5 Å². The molecule has 1 aromatic heterocycles. The molecule has 0 bridgehead atoms. The van der Waals surface area contributed by atoms with Crippen LogP contribution in [-0.2, 0) is 15.4 Å². The highest BCUT2D eigenvalue weighted by molar-refractivity contribution is 9.10. The average molecular weight is 458 g/mol. The molecule has 1 heterocycles. The van der Waals surface area contributed by atoms with Gasteiger partial charge in [0.05, 0.1) is 16.2 Å². The zero-order chi connectivity index (χ0) is 19.1. The number of nitrogens with zero attached hydrogens (tertiary/aromatic N) is 1. The minimum atomic E-state index is -3.62. The molecule has 0 spiro atoms. The van der Waals surface area contributed by atoms with Crippen molar-refractivity contribution < 1.29 is 13.2 Å². The van der Waals surface area contributed by atoms with E-state index in [-0.39, 0.29) is 21.9 Å². The van der Waals surface area contributed by atoms with Gasteiger partial charge in [0.25, 0.3) is 5.91 Å². The topological polar surface area (TPSA) is 88.2 Å². The molecule has 1 amide bonds. The van der Waals surface area contributed by atoms with Gasteiger partial charge in [-0.15, -0.1) is 11.3 Å². The van der Waals surface area contributed by atoms with Gasteiger partial charge in [-0.1, -0.05) is 20.8 Å². The summed E-state index contributed by atoms with van der Waals surface area (Å²) in [6, 6.07) is 4.43. The number of thiazole rings is 1. The highest BCUT2D eigenvalue weighted by Crippen LogP contribution is 2.28. The van der Waals surface area contributed by atoms with Gasteiger partial charge in [0.1, 0.15) is 0 Å². The lowest BCUT2D eigenvalue weighted by Gasteiger charge is -2.14. The Kier molecular flexibility index (Phi) is 5.26. The van der Waals surface area contributed by atoms with Crippen LogP contribution in [0, 0.1) is 0 Å². The monoisotopic (exact) mass is 457 g/mol. The van der Waals surface area contributed by atoms with Crippen molar-refractivity contribution in [3.63, 3.8) is 0 Å². The third-order valence-electron chi connectivity index (χ3n) is 3.88. The van der Waals surface area contributed by atoms with Gasteiger partial charge in [-0.2, -0.15) is 0 Å². The molecule has 0 aliphatic heterocycles. The number of amides is 1. The summed E-state index contributed by atoms with van der Waals surface area (Å²) in [4.78, 5) is 17.1. The van der Waals surface area contributed by atoms with Crippen LogP contribution < -0.4 is 10.0 Å². The molecule has 3 rings (SSSR count). The summed E-state index contributed by atoms with van der Waals surface area (Å²) < 4.78 is 27.9. The van der Waals surface area contributed by atoms with Crippen molar-refractivity contribution in [2.75, 3.05) is 5.32 Å². The molecule has 0 saturated heterocycles. The van der Waals surface area contributed by atoms with E-state index < -0.39 is 15.9 Å². The maximum Gasteiger partial charge on any atom is 0.258 e. The molecular weight excluding hydrogens is 438 g/mol. The van der Waals surface area contributed by atoms with Gasteiger partial charge in [-0.25, -0.2) is 18.1 Å². The van der Waals surface area contributed by atoms with Crippen LogP contribution in [0.15, 0.2) is 32.9 Å². The van der Waals surface area contributed by atoms with Gasteiger partial charge in [0.2, 0.25) is 10.0 Å². The number of halogens is 1. The summed E-state index contributed by atoms with van der Waals surface area (Å²) in [5, 5.41) is 5.14. The minimum absolute atomic E-state index is 0.00654. The Morgan fingerprint density at radius 2 is 2.00 bits per heavy atom. The number of carbonyl (C=O) groups excluding carboxylic acids is 1. The van der Waals surface area contributed by atoms with Crippen molar-refractivity contribution >= 4 is 48.3 Å². The molecule has 6 nitrogen and oxygen atoms in total. The Morgan fingerprint density at radius 1 is 1.31 bits per heavy atom. The second kappa shape index (κ2) is 7.03. The molecule has 1 aliphatic rings. The first-order valence-electron chi connectivity index (χ1n) is 8.15. The van der Waals surface area contributed by atoms with Crippen molar-refractivity contribution in [2.45, 2.75) is 50.0 Å². The number of aromatic nitrogens is 1. The van der Waals surface area contributed by atoms with Crippen LogP contribution in [0.1, 0.15) is 49.7 Å². The van der Waals surface area contributed by atoms with E-state index in [1.54, 1.807) is 6.07 Å². The minimum Gasteiger partial charge on any atom is -0.298 e. The number of hydrogen-bond acceptors (Lipinski definition) is 5. The molecule has 0 atom stereocenters. The Balaban J connectivity index is 1.82. The largest absolute Gasteiger partial charge is 0.298 e. The third-order valence-corrected chi connectivity index (χ3v) is 6.85. The van der Waals surface area contributed by atoms with Crippen molar-refractivity contribution in [1.29, 1.82) is 0 Å². The fourth-order valence-corrected chi connectivity index (χ4v) is 4.86. The molecule has 2 aromatic rings. The number of sulfonamides is 1. The lowest BCUT2D eigenvalue weighted by molar-refractivity contribution is 0.102. The predicted octanol–water partition coefficient (Wildman–Crippen LogP) is 3.90. The van der Waals surface area contributed by atoms with Crippen LogP contribution in [0.3, 0.4) is 0 Å². The van der Waals surface area contributed by atoms with Crippen molar-refractivity contribution in [3.05, 3.63) is 39.3 Å². The fraction of sp³-hybridized carbons (Fsp3) is 0.412. The summed E-state index contributed by atoms with van der Waals surface area (Å²) in [6.07, 6.45) is 1.70. The van der Waals surface area contributed by atoms with Crippen molar-refractivity contribution in [1.82, 2.24) is 9.71 Å². The summed E-state index contributed by atoms with van der Waals surface area (Å²) in [5.41, 5.74) is 1.03. The van der Waals surface area contributed by atoms with Gasteiger partial charge < -0.3 is 0 Å². The SMILES string of the molecule is CC(C)(C)c1csc(NC(=O)c2cc(S(=O)(=O)NC3CC3)ccc2Br)n1. The van der Waals surface area contributed by atoms with E-state index in [1.807, 2.05) is 26.2 Å². The van der Waals surface area contributed by atoms with Crippen LogP contribution in [-0.4, -0.2) is 25.4 Å². The third kappa shape index (κ3) is 4.51. The number of nitrogens with one attached hydrogen (secondary N) is 2. The summed E-state index contributed by atoms with van der Waals surface area (Å²) in [6.45, 7) is 6.14. The lowest BCUT2D eigenvalue weighted by Crippen LogP contribution is -2.26. The van der Waals surface area contributed by atoms with E-state index in [9.17, 15) is 13.2 Å². The van der Waals surface area contributed by atoms with Crippen LogP contribution in [0.4, 0.5) is 5.13 Å². The smallest absolute Gasteiger partial charge is 0.258 e. The molecule has 1 fully saturated rings. The van der Waals surface area contributed by atoms with E-state index in [4.69, 9.17) is 0 Å². The molecule has 140 valence electrons. The van der Waals surface area contributed by atoms with Crippen LogP contribution in [0.5, 0.6) is 0 Å². The highest BCUT2D eigenvalue weighted by atomic mass is 79.9. The van der Waals surface area contributed by atoms with Crippen LogP contribution in [0.25, 0.3) is 0 Å².